The van der Waals surface area contributed by atoms with Crippen LogP contribution >= 0.6 is 15.9 Å². The maximum Gasteiger partial charge on any atom is 0.123 e. The lowest BCUT2D eigenvalue weighted by atomic mass is 10.1. The van der Waals surface area contributed by atoms with E-state index in [0.29, 0.717) is 0 Å². The Hall–Kier alpha value is -1.48. The van der Waals surface area contributed by atoms with Gasteiger partial charge in [-0.25, -0.2) is 0 Å². The van der Waals surface area contributed by atoms with Crippen LogP contribution in [0, 0.1) is 0 Å². The molecule has 0 aromatic heterocycles. The van der Waals surface area contributed by atoms with Gasteiger partial charge in [0.15, 0.2) is 0 Å². The monoisotopic (exact) mass is 331 g/mol. The molecule has 0 saturated carbocycles. The van der Waals surface area contributed by atoms with Crippen LogP contribution in [0.5, 0.6) is 5.75 Å². The fraction of sp³-hybridized carbons (Fsp3) is 0.294. The number of anilines is 1. The molecule has 1 aliphatic carbocycles. The summed E-state index contributed by atoms with van der Waals surface area (Å²) in [5.41, 5.74) is 5.35. The molecule has 3 rings (SSSR count). The van der Waals surface area contributed by atoms with E-state index in [0.717, 1.165) is 22.3 Å². The Morgan fingerprint density at radius 3 is 2.80 bits per heavy atom. The maximum atomic E-state index is 5.40. The first-order valence-corrected chi connectivity index (χ1v) is 7.73. The fourth-order valence-electron chi connectivity index (χ4n) is 2.76. The Kier molecular flexibility index (Phi) is 3.97. The van der Waals surface area contributed by atoms with Gasteiger partial charge in [0.2, 0.25) is 0 Å². The second-order valence-electron chi connectivity index (χ2n) is 5.15. The lowest BCUT2D eigenvalue weighted by molar-refractivity contribution is 0.410. The maximum absolute atomic E-state index is 5.40. The number of benzene rings is 2. The molecule has 0 fully saturated rings. The van der Waals surface area contributed by atoms with Crippen LogP contribution in [0.25, 0.3) is 0 Å². The molecular formula is C17H18BrNO. The fourth-order valence-corrected chi connectivity index (χ4v) is 3.17. The Morgan fingerprint density at radius 1 is 1.10 bits per heavy atom. The highest BCUT2D eigenvalue weighted by molar-refractivity contribution is 9.10. The lowest BCUT2D eigenvalue weighted by Crippen LogP contribution is -2.02. The molecule has 0 amide bonds. The van der Waals surface area contributed by atoms with E-state index in [9.17, 15) is 0 Å². The van der Waals surface area contributed by atoms with Crippen LogP contribution < -0.4 is 10.1 Å². The average molecular weight is 332 g/mol. The number of rotatable bonds is 4. The van der Waals surface area contributed by atoms with Crippen LogP contribution in [0.15, 0.2) is 40.9 Å². The minimum atomic E-state index is 0.765. The van der Waals surface area contributed by atoms with Crippen molar-refractivity contribution in [3.8, 4) is 5.75 Å². The third-order valence-electron chi connectivity index (χ3n) is 3.82. The summed E-state index contributed by atoms with van der Waals surface area (Å²) in [6, 6.07) is 12.8. The van der Waals surface area contributed by atoms with Gasteiger partial charge in [-0.15, -0.1) is 0 Å². The van der Waals surface area contributed by atoms with Crippen molar-refractivity contribution in [2.45, 2.75) is 25.8 Å². The molecule has 0 atom stereocenters. The van der Waals surface area contributed by atoms with E-state index in [2.05, 4.69) is 45.5 Å². The zero-order valence-electron chi connectivity index (χ0n) is 11.6. The van der Waals surface area contributed by atoms with Crippen LogP contribution in [0.3, 0.4) is 0 Å². The van der Waals surface area contributed by atoms with Crippen LogP contribution in [-0.4, -0.2) is 7.11 Å². The molecule has 0 unspecified atom stereocenters. The van der Waals surface area contributed by atoms with Crippen molar-refractivity contribution >= 4 is 21.6 Å². The quantitative estimate of drug-likeness (QED) is 0.886. The zero-order valence-corrected chi connectivity index (χ0v) is 13.2. The summed E-state index contributed by atoms with van der Waals surface area (Å²) in [7, 11) is 1.71. The molecule has 1 N–H and O–H groups in total. The Balaban J connectivity index is 1.75. The summed E-state index contributed by atoms with van der Waals surface area (Å²) < 4.78 is 6.48. The minimum absolute atomic E-state index is 0.765. The summed E-state index contributed by atoms with van der Waals surface area (Å²) in [6.07, 6.45) is 3.73. The third kappa shape index (κ3) is 2.83. The smallest absolute Gasteiger partial charge is 0.123 e. The van der Waals surface area contributed by atoms with E-state index in [1.54, 1.807) is 7.11 Å². The first-order chi connectivity index (χ1) is 9.76. The van der Waals surface area contributed by atoms with Gasteiger partial charge in [-0.1, -0.05) is 22.0 Å². The number of nitrogens with one attached hydrogen (secondary N) is 1. The molecule has 0 radical (unpaired) electrons. The van der Waals surface area contributed by atoms with Gasteiger partial charge in [-0.3, -0.25) is 0 Å². The van der Waals surface area contributed by atoms with Crippen LogP contribution in [0.4, 0.5) is 5.69 Å². The van der Waals surface area contributed by atoms with Crippen molar-refractivity contribution in [1.82, 2.24) is 0 Å². The summed E-state index contributed by atoms with van der Waals surface area (Å²) in [4.78, 5) is 0. The van der Waals surface area contributed by atoms with Crippen LogP contribution in [0.1, 0.15) is 23.1 Å². The number of hydrogen-bond acceptors (Lipinski definition) is 2. The summed E-state index contributed by atoms with van der Waals surface area (Å²) in [6.45, 7) is 0.765. The van der Waals surface area contributed by atoms with Gasteiger partial charge in [-0.2, -0.15) is 0 Å². The van der Waals surface area contributed by atoms with Crippen molar-refractivity contribution in [2.75, 3.05) is 12.4 Å². The molecule has 2 aromatic carbocycles. The van der Waals surface area contributed by atoms with Gasteiger partial charge < -0.3 is 10.1 Å². The van der Waals surface area contributed by atoms with E-state index in [-0.39, 0.29) is 0 Å². The van der Waals surface area contributed by atoms with E-state index >= 15 is 0 Å². The van der Waals surface area contributed by atoms with Gasteiger partial charge in [-0.05, 0) is 60.7 Å². The Labute approximate surface area is 128 Å². The second kappa shape index (κ2) is 5.88. The van der Waals surface area contributed by atoms with Crippen LogP contribution in [0.2, 0.25) is 0 Å². The van der Waals surface area contributed by atoms with Gasteiger partial charge in [0, 0.05) is 22.3 Å². The van der Waals surface area contributed by atoms with E-state index in [1.165, 1.54) is 36.1 Å². The normalized spacial score (nSPS) is 13.1. The molecule has 2 aromatic rings. The molecule has 0 aliphatic heterocycles. The molecular weight excluding hydrogens is 314 g/mol. The number of aryl methyl sites for hydroxylation is 2. The zero-order chi connectivity index (χ0) is 13.9. The van der Waals surface area contributed by atoms with E-state index in [1.807, 2.05) is 12.1 Å². The molecule has 1 aliphatic rings. The number of hydrogen-bond donors (Lipinski definition) is 1. The highest BCUT2D eigenvalue weighted by atomic mass is 79.9. The molecule has 0 heterocycles. The highest BCUT2D eigenvalue weighted by Crippen LogP contribution is 2.27. The molecule has 20 heavy (non-hydrogen) atoms. The summed E-state index contributed by atoms with van der Waals surface area (Å²) in [5, 5.41) is 3.49. The van der Waals surface area contributed by atoms with Crippen molar-refractivity contribution < 1.29 is 4.74 Å². The Morgan fingerprint density at radius 2 is 1.95 bits per heavy atom. The SMILES string of the molecule is COc1ccc(Br)cc1CNc1ccc2c(c1)CCC2. The predicted octanol–water partition coefficient (Wildman–Crippen LogP) is 4.56. The first-order valence-electron chi connectivity index (χ1n) is 6.94. The van der Waals surface area contributed by atoms with Gasteiger partial charge in [0.25, 0.3) is 0 Å². The Bertz CT molecular complexity index is 624. The van der Waals surface area contributed by atoms with E-state index < -0.39 is 0 Å². The topological polar surface area (TPSA) is 21.3 Å². The number of methoxy groups -OCH3 is 1. The van der Waals surface area contributed by atoms with Crippen molar-refractivity contribution in [3.05, 3.63) is 57.6 Å². The number of halogens is 1. The van der Waals surface area contributed by atoms with Gasteiger partial charge in [0.1, 0.15) is 5.75 Å². The highest BCUT2D eigenvalue weighted by Gasteiger charge is 2.11. The van der Waals surface area contributed by atoms with Gasteiger partial charge in [0.05, 0.1) is 7.11 Å². The minimum Gasteiger partial charge on any atom is -0.496 e. The van der Waals surface area contributed by atoms with Crippen molar-refractivity contribution in [1.29, 1.82) is 0 Å². The first kappa shape index (κ1) is 13.5. The summed E-state index contributed by atoms with van der Waals surface area (Å²) in [5.74, 6) is 0.918. The molecule has 104 valence electrons. The number of fused-ring (bicyclic) bond motifs is 1. The van der Waals surface area contributed by atoms with Gasteiger partial charge >= 0.3 is 0 Å². The summed E-state index contributed by atoms with van der Waals surface area (Å²) >= 11 is 3.51. The molecule has 0 bridgehead atoms. The van der Waals surface area contributed by atoms with Crippen molar-refractivity contribution in [3.63, 3.8) is 0 Å². The predicted molar refractivity (Wildman–Crippen MR) is 86.5 cm³/mol. The molecule has 3 heteroatoms. The molecule has 0 saturated heterocycles. The third-order valence-corrected chi connectivity index (χ3v) is 4.32. The van der Waals surface area contributed by atoms with Crippen molar-refractivity contribution in [2.24, 2.45) is 0 Å². The van der Waals surface area contributed by atoms with Crippen LogP contribution in [-0.2, 0) is 19.4 Å². The lowest BCUT2D eigenvalue weighted by Gasteiger charge is -2.12. The average Bonchev–Trinajstić information content (AvgIpc) is 2.92. The molecule has 0 spiro atoms. The van der Waals surface area contributed by atoms with E-state index in [4.69, 9.17) is 4.74 Å². The second-order valence-corrected chi connectivity index (χ2v) is 6.06. The number of ether oxygens (including phenoxy) is 1. The standard InChI is InChI=1S/C17H18BrNO/c1-20-17-8-6-15(18)9-14(17)11-19-16-7-5-12-3-2-4-13(12)10-16/h5-10,19H,2-4,11H2,1H3. The molecule has 2 nitrogen and oxygen atoms in total. The largest absolute Gasteiger partial charge is 0.496 e.